The lowest BCUT2D eigenvalue weighted by Crippen LogP contribution is -2.45. The van der Waals surface area contributed by atoms with Gasteiger partial charge < -0.3 is 21.1 Å². The van der Waals surface area contributed by atoms with Gasteiger partial charge >= 0.3 is 7.82 Å². The van der Waals surface area contributed by atoms with E-state index in [1.54, 1.807) is 6.08 Å². The second-order valence-corrected chi connectivity index (χ2v) is 18.5. The van der Waals surface area contributed by atoms with Gasteiger partial charge in [-0.2, -0.15) is 0 Å². The molecule has 0 radical (unpaired) electrons. The van der Waals surface area contributed by atoms with Gasteiger partial charge in [0.05, 0.1) is 25.4 Å². The molecule has 0 saturated heterocycles. The van der Waals surface area contributed by atoms with Crippen LogP contribution < -0.4 is 11.1 Å². The molecule has 9 heteroatoms. The van der Waals surface area contributed by atoms with E-state index in [4.69, 9.17) is 14.8 Å². The van der Waals surface area contributed by atoms with Crippen molar-refractivity contribution in [2.24, 2.45) is 5.73 Å². The third-order valence-corrected chi connectivity index (χ3v) is 12.3. The van der Waals surface area contributed by atoms with Crippen LogP contribution in [0, 0.1) is 0 Å². The van der Waals surface area contributed by atoms with E-state index in [0.717, 1.165) is 38.5 Å². The number of amides is 1. The third kappa shape index (κ3) is 43.1. The summed E-state index contributed by atoms with van der Waals surface area (Å²) in [5.74, 6) is -0.189. The van der Waals surface area contributed by atoms with Gasteiger partial charge in [0.15, 0.2) is 0 Å². The summed E-state index contributed by atoms with van der Waals surface area (Å²) in [6.45, 7) is 4.17. The van der Waals surface area contributed by atoms with Crippen molar-refractivity contribution in [3.8, 4) is 0 Å². The topological polar surface area (TPSA) is 131 Å². The fourth-order valence-corrected chi connectivity index (χ4v) is 8.36. The van der Waals surface area contributed by atoms with Crippen LogP contribution in [0.25, 0.3) is 0 Å². The maximum absolute atomic E-state index is 12.8. The predicted molar refractivity (Wildman–Crippen MR) is 245 cm³/mol. The monoisotopic (exact) mass is 829 g/mol. The number of carbonyl (C=O) groups is 1. The van der Waals surface area contributed by atoms with E-state index in [1.807, 2.05) is 6.08 Å². The van der Waals surface area contributed by atoms with Crippen molar-refractivity contribution in [1.82, 2.24) is 5.32 Å². The van der Waals surface area contributed by atoms with Crippen molar-refractivity contribution in [3.05, 3.63) is 12.2 Å². The highest BCUT2D eigenvalue weighted by molar-refractivity contribution is 7.47. The van der Waals surface area contributed by atoms with Crippen LogP contribution in [0.1, 0.15) is 258 Å². The molecule has 0 rings (SSSR count). The minimum Gasteiger partial charge on any atom is -0.387 e. The van der Waals surface area contributed by atoms with E-state index in [0.29, 0.717) is 6.42 Å². The number of aliphatic hydroxyl groups excluding tert-OH is 1. The fourth-order valence-electron chi connectivity index (χ4n) is 7.61. The average Bonchev–Trinajstić information content (AvgIpc) is 3.20. The van der Waals surface area contributed by atoms with Crippen LogP contribution in [0.2, 0.25) is 0 Å². The Labute approximate surface area is 354 Å². The molecule has 0 aromatic rings. The maximum Gasteiger partial charge on any atom is 0.472 e. The first-order valence-electron chi connectivity index (χ1n) is 24.8. The summed E-state index contributed by atoms with van der Waals surface area (Å²) in [5, 5.41) is 13.7. The minimum absolute atomic E-state index is 0.0814. The van der Waals surface area contributed by atoms with Crippen LogP contribution >= 0.6 is 7.82 Å². The Morgan fingerprint density at radius 2 is 0.895 bits per heavy atom. The van der Waals surface area contributed by atoms with E-state index >= 15 is 0 Å². The highest BCUT2D eigenvalue weighted by Crippen LogP contribution is 2.43. The lowest BCUT2D eigenvalue weighted by Gasteiger charge is -2.23. The molecule has 0 bridgehead atoms. The number of nitrogens with one attached hydrogen (secondary N) is 1. The average molecular weight is 829 g/mol. The molecule has 0 aromatic heterocycles. The second kappa shape index (κ2) is 44.8. The molecular weight excluding hydrogens is 732 g/mol. The summed E-state index contributed by atoms with van der Waals surface area (Å²) in [6.07, 6.45) is 51.4. The smallest absolute Gasteiger partial charge is 0.387 e. The van der Waals surface area contributed by atoms with Gasteiger partial charge in [-0.25, -0.2) is 4.57 Å². The van der Waals surface area contributed by atoms with Crippen molar-refractivity contribution >= 4 is 13.7 Å². The zero-order chi connectivity index (χ0) is 41.8. The minimum atomic E-state index is -4.33. The molecule has 340 valence electrons. The highest BCUT2D eigenvalue weighted by Gasteiger charge is 2.26. The fraction of sp³-hybridized carbons (Fsp3) is 0.938. The Kier molecular flexibility index (Phi) is 44.2. The van der Waals surface area contributed by atoms with Gasteiger partial charge in [0.2, 0.25) is 5.91 Å². The number of carbonyl (C=O) groups excluding carboxylic acids is 1. The molecule has 57 heavy (non-hydrogen) atoms. The Morgan fingerprint density at radius 3 is 1.25 bits per heavy atom. The molecule has 0 fully saturated rings. The quantitative estimate of drug-likeness (QED) is 0.0273. The molecule has 8 nitrogen and oxygen atoms in total. The zero-order valence-electron chi connectivity index (χ0n) is 37.9. The molecule has 0 heterocycles. The summed E-state index contributed by atoms with van der Waals surface area (Å²) in [7, 11) is -4.33. The highest BCUT2D eigenvalue weighted by atomic mass is 31.2. The van der Waals surface area contributed by atoms with E-state index in [9.17, 15) is 19.4 Å². The molecule has 1 amide bonds. The maximum atomic E-state index is 12.8. The number of phosphoric acid groups is 1. The van der Waals surface area contributed by atoms with Crippen LogP contribution in [0.4, 0.5) is 0 Å². The Bertz CT molecular complexity index is 906. The van der Waals surface area contributed by atoms with Gasteiger partial charge in [-0.15, -0.1) is 0 Å². The molecule has 5 N–H and O–H groups in total. The van der Waals surface area contributed by atoms with Gasteiger partial charge in [0, 0.05) is 13.0 Å². The lowest BCUT2D eigenvalue weighted by atomic mass is 10.0. The Hall–Kier alpha value is -0.760. The lowest BCUT2D eigenvalue weighted by molar-refractivity contribution is -0.123. The summed E-state index contributed by atoms with van der Waals surface area (Å²) < 4.78 is 22.2. The van der Waals surface area contributed by atoms with Crippen LogP contribution in [0.15, 0.2) is 12.2 Å². The molecule has 0 spiro atoms. The summed E-state index contributed by atoms with van der Waals surface area (Å²) in [4.78, 5) is 22.8. The van der Waals surface area contributed by atoms with Crippen molar-refractivity contribution in [1.29, 1.82) is 0 Å². The van der Waals surface area contributed by atoms with E-state index in [-0.39, 0.29) is 25.7 Å². The predicted octanol–water partition coefficient (Wildman–Crippen LogP) is 14.3. The van der Waals surface area contributed by atoms with Crippen LogP contribution in [-0.4, -0.2) is 47.8 Å². The van der Waals surface area contributed by atoms with Crippen molar-refractivity contribution in [2.45, 2.75) is 270 Å². The SMILES string of the molecule is CCCCCCCCCCCCC/C=C/[C@@H](O)[C@H](COP(=O)(O)OCCN)NC(=O)CCCCCCCCCCCCCCCCCCCCCCCCCCC. The molecule has 0 aromatic carbocycles. The molecule has 3 atom stereocenters. The number of hydrogen-bond acceptors (Lipinski definition) is 6. The van der Waals surface area contributed by atoms with Gasteiger partial charge in [-0.3, -0.25) is 13.8 Å². The van der Waals surface area contributed by atoms with Gasteiger partial charge in [0.1, 0.15) is 0 Å². The van der Waals surface area contributed by atoms with Crippen LogP contribution in [0.5, 0.6) is 0 Å². The summed E-state index contributed by atoms with van der Waals surface area (Å²) in [6, 6.07) is -0.854. The largest absolute Gasteiger partial charge is 0.472 e. The summed E-state index contributed by atoms with van der Waals surface area (Å²) in [5.41, 5.74) is 5.38. The standard InChI is InChI=1S/C48H97N2O6P/c1-3-5-7-9-11-13-15-17-18-19-20-21-22-23-24-25-26-27-28-30-32-34-36-38-40-42-48(52)50-46(45-56-57(53,54)55-44-43-49)47(51)41-39-37-35-33-31-29-16-14-12-10-8-6-4-2/h39,41,46-47,51H,3-38,40,42-45,49H2,1-2H3,(H,50,52)(H,53,54)/b41-39+/t46-,47+/m0/s1. The number of rotatable bonds is 47. The summed E-state index contributed by atoms with van der Waals surface area (Å²) >= 11 is 0. The number of aliphatic hydroxyl groups is 1. The number of nitrogens with two attached hydrogens (primary N) is 1. The van der Waals surface area contributed by atoms with Crippen molar-refractivity contribution < 1.29 is 28.4 Å². The Balaban J connectivity index is 3.97. The first-order chi connectivity index (χ1) is 27.9. The van der Waals surface area contributed by atoms with E-state index in [2.05, 4.69) is 19.2 Å². The normalized spacial score (nSPS) is 14.0. The number of hydrogen-bond donors (Lipinski definition) is 4. The first kappa shape index (κ1) is 56.2. The van der Waals surface area contributed by atoms with Gasteiger partial charge in [-0.1, -0.05) is 244 Å². The second-order valence-electron chi connectivity index (χ2n) is 17.0. The molecular formula is C48H97N2O6P. The van der Waals surface area contributed by atoms with Crippen molar-refractivity contribution in [2.75, 3.05) is 19.8 Å². The number of unbranched alkanes of at least 4 members (excludes halogenated alkanes) is 35. The van der Waals surface area contributed by atoms with Crippen LogP contribution in [-0.2, 0) is 18.4 Å². The molecule has 0 saturated carbocycles. The number of allylic oxidation sites excluding steroid dienone is 1. The van der Waals surface area contributed by atoms with E-state index < -0.39 is 20.0 Å². The molecule has 0 aliphatic heterocycles. The number of phosphoric ester groups is 1. The van der Waals surface area contributed by atoms with Crippen molar-refractivity contribution in [3.63, 3.8) is 0 Å². The molecule has 1 unspecified atom stereocenters. The third-order valence-electron chi connectivity index (χ3n) is 11.4. The molecule has 0 aliphatic carbocycles. The van der Waals surface area contributed by atoms with Gasteiger partial charge in [0.25, 0.3) is 0 Å². The van der Waals surface area contributed by atoms with Crippen LogP contribution in [0.3, 0.4) is 0 Å². The Morgan fingerprint density at radius 1 is 0.561 bits per heavy atom. The molecule has 0 aliphatic rings. The van der Waals surface area contributed by atoms with E-state index in [1.165, 1.54) is 199 Å². The van der Waals surface area contributed by atoms with Gasteiger partial charge in [-0.05, 0) is 19.3 Å². The first-order valence-corrected chi connectivity index (χ1v) is 26.3. The zero-order valence-corrected chi connectivity index (χ0v) is 38.7.